The quantitative estimate of drug-likeness (QED) is 0.929. The lowest BCUT2D eigenvalue weighted by Crippen LogP contribution is -2.17. The topological polar surface area (TPSA) is 54.7 Å². The maximum absolute atomic E-state index is 9.96. The standard InChI is InChI=1S/C17H22N2O2/c1-17(2,20)16-4-3-13(10-19-16)15-9-12(5-7-18-15)14-6-8-21-11-14/h3-4,7,9-10,12,14,20H,5-6,8,11H2,1-2H3/t12-,14?/m1/s1. The molecule has 2 aliphatic rings. The van der Waals surface area contributed by atoms with Crippen LogP contribution in [0.4, 0.5) is 0 Å². The van der Waals surface area contributed by atoms with Crippen LogP contribution >= 0.6 is 0 Å². The molecular formula is C17H22N2O2. The summed E-state index contributed by atoms with van der Waals surface area (Å²) in [5.41, 5.74) is 1.75. The third-order valence-corrected chi connectivity index (χ3v) is 4.24. The predicted octanol–water partition coefficient (Wildman–Crippen LogP) is 2.78. The second-order valence-corrected chi connectivity index (χ2v) is 6.38. The number of nitrogens with zero attached hydrogens (tertiary/aromatic N) is 2. The van der Waals surface area contributed by atoms with Crippen molar-refractivity contribution in [2.24, 2.45) is 16.8 Å². The van der Waals surface area contributed by atoms with Gasteiger partial charge >= 0.3 is 0 Å². The zero-order valence-corrected chi connectivity index (χ0v) is 12.6. The van der Waals surface area contributed by atoms with E-state index in [4.69, 9.17) is 4.74 Å². The highest BCUT2D eigenvalue weighted by Crippen LogP contribution is 2.31. The van der Waals surface area contributed by atoms with E-state index in [1.165, 1.54) is 0 Å². The molecule has 21 heavy (non-hydrogen) atoms. The fourth-order valence-electron chi connectivity index (χ4n) is 2.88. The number of aliphatic hydroxyl groups is 1. The Hall–Kier alpha value is -1.52. The van der Waals surface area contributed by atoms with Crippen molar-refractivity contribution in [3.05, 3.63) is 35.7 Å². The average molecular weight is 286 g/mol. The number of hydrogen-bond acceptors (Lipinski definition) is 4. The minimum atomic E-state index is -0.910. The van der Waals surface area contributed by atoms with E-state index in [0.717, 1.165) is 37.3 Å². The summed E-state index contributed by atoms with van der Waals surface area (Å²) in [4.78, 5) is 8.86. The van der Waals surface area contributed by atoms with E-state index in [1.807, 2.05) is 18.3 Å². The van der Waals surface area contributed by atoms with Crippen LogP contribution in [0.15, 0.2) is 29.4 Å². The second kappa shape index (κ2) is 5.70. The second-order valence-electron chi connectivity index (χ2n) is 6.38. The van der Waals surface area contributed by atoms with E-state index in [0.29, 0.717) is 17.5 Å². The number of aliphatic imine (C=N–C) groups is 1. The minimum Gasteiger partial charge on any atom is -0.384 e. The van der Waals surface area contributed by atoms with Gasteiger partial charge in [-0.3, -0.25) is 9.98 Å². The molecule has 1 N–H and O–H groups in total. The van der Waals surface area contributed by atoms with Crippen molar-refractivity contribution in [2.75, 3.05) is 13.2 Å². The van der Waals surface area contributed by atoms with Gasteiger partial charge in [0.15, 0.2) is 0 Å². The van der Waals surface area contributed by atoms with E-state index < -0.39 is 5.60 Å². The fraction of sp³-hybridized carbons (Fsp3) is 0.529. The normalized spacial score (nSPS) is 26.0. The number of rotatable bonds is 3. The van der Waals surface area contributed by atoms with Crippen molar-refractivity contribution >= 4 is 11.9 Å². The molecule has 2 atom stereocenters. The highest BCUT2D eigenvalue weighted by molar-refractivity contribution is 5.76. The summed E-state index contributed by atoms with van der Waals surface area (Å²) >= 11 is 0. The number of allylic oxidation sites excluding steroid dienone is 1. The Labute approximate surface area is 125 Å². The van der Waals surface area contributed by atoms with Crippen LogP contribution in [0, 0.1) is 11.8 Å². The van der Waals surface area contributed by atoms with E-state index in [1.54, 1.807) is 20.0 Å². The van der Waals surface area contributed by atoms with E-state index in [9.17, 15) is 5.11 Å². The average Bonchev–Trinajstić information content (AvgIpc) is 3.01. The molecule has 1 saturated heterocycles. The largest absolute Gasteiger partial charge is 0.384 e. The summed E-state index contributed by atoms with van der Waals surface area (Å²) in [5.74, 6) is 1.12. The van der Waals surface area contributed by atoms with Crippen LogP contribution in [-0.4, -0.2) is 29.5 Å². The Morgan fingerprint density at radius 1 is 1.33 bits per heavy atom. The van der Waals surface area contributed by atoms with Crippen molar-refractivity contribution in [2.45, 2.75) is 32.3 Å². The van der Waals surface area contributed by atoms with Crippen molar-refractivity contribution in [1.29, 1.82) is 0 Å². The first-order valence-electron chi connectivity index (χ1n) is 7.55. The first kappa shape index (κ1) is 14.4. The maximum atomic E-state index is 9.96. The predicted molar refractivity (Wildman–Crippen MR) is 83.0 cm³/mol. The SMILES string of the molecule is CC(C)(O)c1ccc(C2=C[C@H](C3CCOC3)CC=N2)cn1. The summed E-state index contributed by atoms with van der Waals surface area (Å²) in [6.45, 7) is 5.22. The number of aromatic nitrogens is 1. The summed E-state index contributed by atoms with van der Waals surface area (Å²) in [6.07, 6.45) is 8.18. The Morgan fingerprint density at radius 3 is 2.81 bits per heavy atom. The highest BCUT2D eigenvalue weighted by Gasteiger charge is 2.26. The van der Waals surface area contributed by atoms with Crippen LogP contribution < -0.4 is 0 Å². The fourth-order valence-corrected chi connectivity index (χ4v) is 2.88. The zero-order valence-electron chi connectivity index (χ0n) is 12.6. The molecule has 0 spiro atoms. The van der Waals surface area contributed by atoms with Gasteiger partial charge in [0.05, 0.1) is 18.0 Å². The van der Waals surface area contributed by atoms with Gasteiger partial charge in [0, 0.05) is 24.6 Å². The smallest absolute Gasteiger partial charge is 0.101 e. The van der Waals surface area contributed by atoms with Gasteiger partial charge in [0.25, 0.3) is 0 Å². The molecular weight excluding hydrogens is 264 g/mol. The van der Waals surface area contributed by atoms with Gasteiger partial charge in [-0.15, -0.1) is 0 Å². The monoisotopic (exact) mass is 286 g/mol. The minimum absolute atomic E-state index is 0.508. The lowest BCUT2D eigenvalue weighted by atomic mass is 9.86. The zero-order chi connectivity index (χ0) is 14.9. The molecule has 0 saturated carbocycles. The summed E-state index contributed by atoms with van der Waals surface area (Å²) in [5, 5.41) is 9.96. The molecule has 0 bridgehead atoms. The molecule has 0 aromatic carbocycles. The van der Waals surface area contributed by atoms with Crippen molar-refractivity contribution in [3.8, 4) is 0 Å². The summed E-state index contributed by atoms with van der Waals surface area (Å²) in [7, 11) is 0. The molecule has 1 unspecified atom stereocenters. The maximum Gasteiger partial charge on any atom is 0.101 e. The Kier molecular flexibility index (Phi) is 3.91. The molecule has 1 aromatic heterocycles. The molecule has 1 fully saturated rings. The summed E-state index contributed by atoms with van der Waals surface area (Å²) in [6, 6.07) is 3.85. The van der Waals surface area contributed by atoms with E-state index in [-0.39, 0.29) is 0 Å². The van der Waals surface area contributed by atoms with Crippen molar-refractivity contribution in [3.63, 3.8) is 0 Å². The molecule has 0 radical (unpaired) electrons. The molecule has 112 valence electrons. The van der Waals surface area contributed by atoms with Crippen molar-refractivity contribution in [1.82, 2.24) is 4.98 Å². The van der Waals surface area contributed by atoms with E-state index in [2.05, 4.69) is 16.1 Å². The number of hydrogen-bond donors (Lipinski definition) is 1. The number of pyridine rings is 1. The van der Waals surface area contributed by atoms with Crippen LogP contribution in [0.25, 0.3) is 5.70 Å². The van der Waals surface area contributed by atoms with Gasteiger partial charge in [0.2, 0.25) is 0 Å². The molecule has 0 aliphatic carbocycles. The molecule has 4 nitrogen and oxygen atoms in total. The molecule has 2 aliphatic heterocycles. The van der Waals surface area contributed by atoms with Crippen LogP contribution in [0.5, 0.6) is 0 Å². The van der Waals surface area contributed by atoms with Crippen LogP contribution in [0.3, 0.4) is 0 Å². The molecule has 1 aromatic rings. The van der Waals surface area contributed by atoms with Gasteiger partial charge < -0.3 is 9.84 Å². The van der Waals surface area contributed by atoms with Crippen LogP contribution in [0.2, 0.25) is 0 Å². The lowest BCUT2D eigenvalue weighted by Gasteiger charge is -2.21. The third-order valence-electron chi connectivity index (χ3n) is 4.24. The van der Waals surface area contributed by atoms with Gasteiger partial charge in [-0.25, -0.2) is 0 Å². The summed E-state index contributed by atoms with van der Waals surface area (Å²) < 4.78 is 5.49. The molecule has 3 rings (SSSR count). The highest BCUT2D eigenvalue weighted by atomic mass is 16.5. The molecule has 3 heterocycles. The van der Waals surface area contributed by atoms with Crippen molar-refractivity contribution < 1.29 is 9.84 Å². The van der Waals surface area contributed by atoms with Gasteiger partial charge in [-0.2, -0.15) is 0 Å². The Morgan fingerprint density at radius 2 is 2.19 bits per heavy atom. The first-order valence-corrected chi connectivity index (χ1v) is 7.55. The third kappa shape index (κ3) is 3.22. The lowest BCUT2D eigenvalue weighted by molar-refractivity contribution is 0.0738. The van der Waals surface area contributed by atoms with E-state index >= 15 is 0 Å². The van der Waals surface area contributed by atoms with Crippen LogP contribution in [0.1, 0.15) is 37.9 Å². The molecule has 0 amide bonds. The Balaban J connectivity index is 1.80. The van der Waals surface area contributed by atoms with Gasteiger partial charge in [-0.05, 0) is 50.7 Å². The number of ether oxygens (including phenoxy) is 1. The molecule has 4 heteroatoms. The Bertz CT molecular complexity index is 549. The van der Waals surface area contributed by atoms with Gasteiger partial charge in [-0.1, -0.05) is 6.08 Å². The van der Waals surface area contributed by atoms with Crippen LogP contribution in [-0.2, 0) is 10.3 Å². The first-order chi connectivity index (χ1) is 10.0. The van der Waals surface area contributed by atoms with Gasteiger partial charge in [0.1, 0.15) is 5.60 Å².